The smallest absolute Gasteiger partial charge is 0.335 e. The number of aromatic amines is 2. The maximum absolute atomic E-state index is 11.3. The molecule has 0 saturated carbocycles. The van der Waals surface area contributed by atoms with Gasteiger partial charge in [-0.25, -0.2) is 28.7 Å². The third kappa shape index (κ3) is 9.22. The molecule has 1 aromatic heterocycles. The van der Waals surface area contributed by atoms with Crippen molar-refractivity contribution in [3.63, 3.8) is 0 Å². The largest absolute Gasteiger partial charge is 0.411 e. The number of nitrogens with one attached hydrogen (secondary N) is 2. The molecule has 1 unspecified atom stereocenters. The molecule has 11 heteroatoms. The van der Waals surface area contributed by atoms with E-state index in [1.807, 2.05) is 9.97 Å². The van der Waals surface area contributed by atoms with Crippen LogP contribution in [0, 0.1) is 0 Å². The van der Waals surface area contributed by atoms with E-state index in [-0.39, 0.29) is 6.54 Å². The van der Waals surface area contributed by atoms with Crippen LogP contribution in [-0.2, 0) is 15.8 Å². The fourth-order valence-corrected chi connectivity index (χ4v) is 5.59. The van der Waals surface area contributed by atoms with Crippen LogP contribution in [-0.4, -0.2) is 47.1 Å². The summed E-state index contributed by atoms with van der Waals surface area (Å²) in [4.78, 5) is 60.3. The van der Waals surface area contributed by atoms with E-state index < -0.39 is 25.6 Å². The molecule has 1 aromatic rings. The highest BCUT2D eigenvalue weighted by Crippen LogP contribution is 2.23. The quantitative estimate of drug-likeness (QED) is 0.235. The van der Waals surface area contributed by atoms with Gasteiger partial charge in [0.15, 0.2) is 0 Å². The van der Waals surface area contributed by atoms with Crippen molar-refractivity contribution in [1.82, 2.24) is 14.5 Å². The Bertz CT molecular complexity index is 750. The van der Waals surface area contributed by atoms with E-state index in [2.05, 4.69) is 11.9 Å². The van der Waals surface area contributed by atoms with E-state index in [9.17, 15) is 24.0 Å². The molecule has 2 heterocycles. The first-order chi connectivity index (χ1) is 13.4. The van der Waals surface area contributed by atoms with Crippen LogP contribution in [0.25, 0.3) is 0 Å². The molecule has 0 aromatic carbocycles. The Balaban J connectivity index is 0.000000330. The third-order valence-electron chi connectivity index (χ3n) is 4.37. The average Bonchev–Trinajstić information content (AvgIpc) is 2.64. The summed E-state index contributed by atoms with van der Waals surface area (Å²) in [5.74, 6) is 0. The summed E-state index contributed by atoms with van der Waals surface area (Å²) in [6.07, 6.45) is 7.88. The molecule has 1 aliphatic heterocycles. The van der Waals surface area contributed by atoms with Crippen molar-refractivity contribution >= 4 is 14.6 Å². The monoisotopic (exact) mass is 414 g/mol. The van der Waals surface area contributed by atoms with Gasteiger partial charge in [-0.05, 0) is 37.8 Å². The highest BCUT2D eigenvalue weighted by molar-refractivity contribution is 6.66. The Hall–Kier alpha value is -2.07. The molecule has 1 fully saturated rings. The molecule has 0 bridgehead atoms. The number of isocyanates is 1. The summed E-state index contributed by atoms with van der Waals surface area (Å²) < 4.78 is 6.35. The molecule has 0 spiro atoms. The Kier molecular flexibility index (Phi) is 11.3. The van der Waals surface area contributed by atoms with Crippen LogP contribution < -0.4 is 17.1 Å². The minimum Gasteiger partial charge on any atom is -0.411 e. The van der Waals surface area contributed by atoms with E-state index in [0.717, 1.165) is 55.4 Å². The summed E-state index contributed by atoms with van der Waals surface area (Å²) in [6, 6.07) is 1.88. The standard InChI is InChI=1S/C10H14N4O4.C7H16O2Si/c15-7-11-5-3-1-2-4-6-14-9(17)12-8(16)13-10(14)18;1-2-6-10(8)7-4-3-5-9-10/h1-6H2,(H2,12,13,16,17,18);8H,2-7H2,1H3. The Morgan fingerprint density at radius 3 is 2.39 bits per heavy atom. The zero-order valence-corrected chi connectivity index (χ0v) is 17.4. The van der Waals surface area contributed by atoms with E-state index in [0.29, 0.717) is 13.0 Å². The molecule has 3 N–H and O–H groups in total. The summed E-state index contributed by atoms with van der Waals surface area (Å²) in [5, 5.41) is 0. The molecule has 10 nitrogen and oxygen atoms in total. The van der Waals surface area contributed by atoms with Gasteiger partial charge in [-0.1, -0.05) is 26.2 Å². The maximum Gasteiger partial charge on any atom is 0.335 e. The number of aliphatic imine (C=N–C) groups is 1. The number of unbranched alkanes of at least 4 members (excludes halogenated alkanes) is 3. The second-order valence-electron chi connectivity index (χ2n) is 6.73. The van der Waals surface area contributed by atoms with Gasteiger partial charge in [-0.2, -0.15) is 0 Å². The average molecular weight is 415 g/mol. The first kappa shape index (κ1) is 24.0. The minimum atomic E-state index is -2.14. The van der Waals surface area contributed by atoms with E-state index >= 15 is 0 Å². The molecule has 0 amide bonds. The van der Waals surface area contributed by atoms with Crippen LogP contribution in [0.4, 0.5) is 0 Å². The van der Waals surface area contributed by atoms with Crippen LogP contribution in [0.3, 0.4) is 0 Å². The molecule has 158 valence electrons. The first-order valence-corrected chi connectivity index (χ1v) is 12.0. The highest BCUT2D eigenvalue weighted by atomic mass is 28.4. The second kappa shape index (κ2) is 13.2. The molecule has 1 aliphatic rings. The van der Waals surface area contributed by atoms with Crippen molar-refractivity contribution in [2.75, 3.05) is 13.2 Å². The van der Waals surface area contributed by atoms with Crippen molar-refractivity contribution in [2.45, 2.75) is 70.5 Å². The van der Waals surface area contributed by atoms with Crippen LogP contribution in [0.2, 0.25) is 12.1 Å². The maximum atomic E-state index is 11.3. The van der Waals surface area contributed by atoms with Crippen LogP contribution in [0.1, 0.15) is 51.9 Å². The second-order valence-corrected chi connectivity index (χ2v) is 9.91. The van der Waals surface area contributed by atoms with Crippen LogP contribution >= 0.6 is 0 Å². The summed E-state index contributed by atoms with van der Waals surface area (Å²) >= 11 is 0. The molecule has 28 heavy (non-hydrogen) atoms. The Morgan fingerprint density at radius 1 is 1.14 bits per heavy atom. The van der Waals surface area contributed by atoms with Gasteiger partial charge < -0.3 is 9.22 Å². The van der Waals surface area contributed by atoms with E-state index in [4.69, 9.17) is 4.43 Å². The summed E-state index contributed by atoms with van der Waals surface area (Å²) in [6.45, 7) is 3.59. The van der Waals surface area contributed by atoms with Crippen LogP contribution in [0.5, 0.6) is 0 Å². The SMILES string of the molecule is CCC[Si]1(O)CCCCO1.O=C=NCCCCCCn1c(=O)[nH]c(=O)[nH]c1=O. The van der Waals surface area contributed by atoms with Gasteiger partial charge in [0.1, 0.15) is 0 Å². The lowest BCUT2D eigenvalue weighted by atomic mass is 10.2. The van der Waals surface area contributed by atoms with Gasteiger partial charge in [-0.15, -0.1) is 0 Å². The predicted molar refractivity (Wildman–Crippen MR) is 106 cm³/mol. The zero-order valence-electron chi connectivity index (χ0n) is 16.4. The molecule has 2 rings (SSSR count). The lowest BCUT2D eigenvalue weighted by molar-refractivity contribution is 0.200. The van der Waals surface area contributed by atoms with Gasteiger partial charge in [0, 0.05) is 13.2 Å². The highest BCUT2D eigenvalue weighted by Gasteiger charge is 2.34. The molecule has 1 saturated heterocycles. The Morgan fingerprint density at radius 2 is 1.82 bits per heavy atom. The fourth-order valence-electron chi connectivity index (χ4n) is 2.94. The number of H-pyrrole nitrogens is 2. The molecule has 1 atom stereocenters. The summed E-state index contributed by atoms with van der Waals surface area (Å²) in [7, 11) is -2.14. The number of hydrogen-bond donors (Lipinski definition) is 3. The number of aromatic nitrogens is 3. The van der Waals surface area contributed by atoms with Gasteiger partial charge in [0.05, 0.1) is 6.54 Å². The number of rotatable bonds is 9. The number of hydrogen-bond acceptors (Lipinski definition) is 7. The minimum absolute atomic E-state index is 0.252. The third-order valence-corrected chi connectivity index (χ3v) is 7.53. The number of nitrogens with zero attached hydrogens (tertiary/aromatic N) is 2. The fraction of sp³-hybridized carbons (Fsp3) is 0.765. The van der Waals surface area contributed by atoms with E-state index in [1.54, 1.807) is 0 Å². The lowest BCUT2D eigenvalue weighted by Gasteiger charge is -2.28. The zero-order chi connectivity index (χ0) is 20.8. The molecular weight excluding hydrogens is 384 g/mol. The first-order valence-electron chi connectivity index (χ1n) is 9.75. The van der Waals surface area contributed by atoms with Crippen molar-refractivity contribution in [3.05, 3.63) is 31.5 Å². The topological polar surface area (TPSA) is 147 Å². The van der Waals surface area contributed by atoms with Crippen molar-refractivity contribution in [3.8, 4) is 0 Å². The Labute approximate surface area is 163 Å². The van der Waals surface area contributed by atoms with Gasteiger partial charge >= 0.3 is 25.6 Å². The number of carbonyl (C=O) groups excluding carboxylic acids is 1. The lowest BCUT2D eigenvalue weighted by Crippen LogP contribution is -2.43. The molecule has 0 radical (unpaired) electrons. The van der Waals surface area contributed by atoms with Gasteiger partial charge in [0.25, 0.3) is 0 Å². The van der Waals surface area contributed by atoms with Crippen molar-refractivity contribution in [1.29, 1.82) is 0 Å². The van der Waals surface area contributed by atoms with Crippen LogP contribution in [0.15, 0.2) is 19.4 Å². The molecule has 0 aliphatic carbocycles. The van der Waals surface area contributed by atoms with Gasteiger partial charge in [0.2, 0.25) is 6.08 Å². The van der Waals surface area contributed by atoms with Crippen molar-refractivity contribution < 1.29 is 14.0 Å². The predicted octanol–water partition coefficient (Wildman–Crippen LogP) is 0.762. The normalized spacial score (nSPS) is 18.6. The summed E-state index contributed by atoms with van der Waals surface area (Å²) in [5.41, 5.74) is -2.20. The van der Waals surface area contributed by atoms with E-state index in [1.165, 1.54) is 12.5 Å². The molecular formula is C17H30N4O6Si. The van der Waals surface area contributed by atoms with Crippen molar-refractivity contribution in [2.24, 2.45) is 4.99 Å². The van der Waals surface area contributed by atoms with Gasteiger partial charge in [-0.3, -0.25) is 9.97 Å².